The number of guanidine groups is 1. The van der Waals surface area contributed by atoms with Crippen LogP contribution in [0.1, 0.15) is 59.1 Å². The second kappa shape index (κ2) is 16.2. The van der Waals surface area contributed by atoms with Crippen molar-refractivity contribution < 1.29 is 14.3 Å². The minimum absolute atomic E-state index is 0. The molecule has 0 spiro atoms. The summed E-state index contributed by atoms with van der Waals surface area (Å²) < 4.78 is 10.8. The van der Waals surface area contributed by atoms with Gasteiger partial charge >= 0.3 is 6.09 Å². The molecule has 1 unspecified atom stereocenters. The molecule has 0 bridgehead atoms. The minimum atomic E-state index is -0.549. The summed E-state index contributed by atoms with van der Waals surface area (Å²) in [5.74, 6) is 0.732. The summed E-state index contributed by atoms with van der Waals surface area (Å²) in [6, 6.07) is 9.53. The number of alkyl carbamates (subject to hydrolysis) is 1. The summed E-state index contributed by atoms with van der Waals surface area (Å²) in [5.41, 5.74) is 0.432. The van der Waals surface area contributed by atoms with Crippen molar-refractivity contribution in [3.63, 3.8) is 0 Å². The molecule has 8 heteroatoms. The van der Waals surface area contributed by atoms with Gasteiger partial charge in [0.25, 0.3) is 0 Å². The Balaban J connectivity index is 0.00000841. The van der Waals surface area contributed by atoms with Gasteiger partial charge in [0, 0.05) is 26.3 Å². The topological polar surface area (TPSA) is 84.0 Å². The fourth-order valence-electron chi connectivity index (χ4n) is 2.57. The van der Waals surface area contributed by atoms with Gasteiger partial charge in [-0.1, -0.05) is 30.3 Å². The zero-order valence-corrected chi connectivity index (χ0v) is 21.3. The highest BCUT2D eigenvalue weighted by molar-refractivity contribution is 14.0. The maximum atomic E-state index is 12.3. The molecule has 30 heavy (non-hydrogen) atoms. The molecule has 1 amide bonds. The third kappa shape index (κ3) is 13.6. The first-order valence-electron chi connectivity index (χ1n) is 10.5. The first-order chi connectivity index (χ1) is 13.9. The molecule has 3 N–H and O–H groups in total. The lowest BCUT2D eigenvalue weighted by atomic mass is 10.1. The van der Waals surface area contributed by atoms with Crippen molar-refractivity contribution in [3.05, 3.63) is 35.9 Å². The van der Waals surface area contributed by atoms with Crippen LogP contribution in [0.2, 0.25) is 0 Å². The fourth-order valence-corrected chi connectivity index (χ4v) is 2.57. The Hall–Kier alpha value is -1.55. The monoisotopic (exact) mass is 534 g/mol. The molecule has 0 saturated carbocycles. The molecule has 7 nitrogen and oxygen atoms in total. The number of nitrogens with one attached hydrogen (secondary N) is 3. The van der Waals surface area contributed by atoms with Crippen LogP contribution in [0.3, 0.4) is 0 Å². The normalized spacial score (nSPS) is 12.5. The number of hydrogen-bond donors (Lipinski definition) is 3. The van der Waals surface area contributed by atoms with E-state index in [2.05, 4.69) is 20.9 Å². The van der Waals surface area contributed by atoms with E-state index < -0.39 is 11.7 Å². The molecule has 0 radical (unpaired) electrons. The van der Waals surface area contributed by atoms with Gasteiger partial charge in [-0.15, -0.1) is 24.0 Å². The van der Waals surface area contributed by atoms with Gasteiger partial charge in [-0.25, -0.2) is 4.79 Å². The van der Waals surface area contributed by atoms with E-state index in [0.717, 1.165) is 50.7 Å². The van der Waals surface area contributed by atoms with Gasteiger partial charge < -0.3 is 25.4 Å². The number of unbranched alkanes of at least 4 members (excludes halogenated alkanes) is 1. The molecule has 0 saturated heterocycles. The molecular weight excluding hydrogens is 495 g/mol. The van der Waals surface area contributed by atoms with Gasteiger partial charge in [-0.3, -0.25) is 4.99 Å². The van der Waals surface area contributed by atoms with E-state index in [1.165, 1.54) is 0 Å². The van der Waals surface area contributed by atoms with Crippen LogP contribution in [0.4, 0.5) is 4.79 Å². The average molecular weight is 534 g/mol. The highest BCUT2D eigenvalue weighted by Crippen LogP contribution is 2.15. The van der Waals surface area contributed by atoms with Crippen molar-refractivity contribution in [2.75, 3.05) is 32.8 Å². The van der Waals surface area contributed by atoms with Crippen LogP contribution in [-0.2, 0) is 9.47 Å². The Kier molecular flexibility index (Phi) is 15.3. The SMILES string of the molecule is CCNC(=NCC(NC(=O)OC(C)(C)C)c1ccccc1)NCCCCOCC.I. The molecule has 0 aliphatic rings. The number of carbonyl (C=O) groups is 1. The predicted octanol–water partition coefficient (Wildman–Crippen LogP) is 4.24. The highest BCUT2D eigenvalue weighted by Gasteiger charge is 2.20. The third-order valence-electron chi connectivity index (χ3n) is 3.88. The lowest BCUT2D eigenvalue weighted by molar-refractivity contribution is 0.0505. The Labute approximate surface area is 198 Å². The standard InChI is InChI=1S/C22H38N4O3.HI/c1-6-23-20(24-15-11-12-16-28-7-2)25-17-19(18-13-9-8-10-14-18)26-21(27)29-22(3,4)5;/h8-10,13-14,19H,6-7,11-12,15-17H2,1-5H3,(H,26,27)(H2,23,24,25);1H. The van der Waals surface area contributed by atoms with Crippen LogP contribution >= 0.6 is 24.0 Å². The number of carbonyl (C=O) groups excluding carboxylic acids is 1. The first kappa shape index (κ1) is 28.5. The Morgan fingerprint density at radius 2 is 1.80 bits per heavy atom. The summed E-state index contributed by atoms with van der Waals surface area (Å²) in [7, 11) is 0. The molecule has 0 heterocycles. The van der Waals surface area contributed by atoms with E-state index in [1.54, 1.807) is 0 Å². The number of aliphatic imine (C=N–C) groups is 1. The Bertz CT molecular complexity index is 606. The Morgan fingerprint density at radius 1 is 1.10 bits per heavy atom. The zero-order valence-electron chi connectivity index (χ0n) is 19.0. The van der Waals surface area contributed by atoms with Crippen molar-refractivity contribution in [1.82, 2.24) is 16.0 Å². The lowest BCUT2D eigenvalue weighted by Crippen LogP contribution is -2.39. The zero-order chi connectivity index (χ0) is 21.5. The van der Waals surface area contributed by atoms with E-state index in [1.807, 2.05) is 65.0 Å². The van der Waals surface area contributed by atoms with Gasteiger partial charge in [0.15, 0.2) is 5.96 Å². The third-order valence-corrected chi connectivity index (χ3v) is 3.88. The molecule has 0 aliphatic carbocycles. The number of hydrogen-bond acceptors (Lipinski definition) is 4. The average Bonchev–Trinajstić information content (AvgIpc) is 2.66. The van der Waals surface area contributed by atoms with Gasteiger partial charge in [0.1, 0.15) is 5.60 Å². The van der Waals surface area contributed by atoms with Gasteiger partial charge in [0.05, 0.1) is 12.6 Å². The number of ether oxygens (including phenoxy) is 2. The van der Waals surface area contributed by atoms with Crippen LogP contribution in [0.15, 0.2) is 35.3 Å². The van der Waals surface area contributed by atoms with Crippen molar-refractivity contribution in [2.24, 2.45) is 4.99 Å². The van der Waals surface area contributed by atoms with E-state index in [0.29, 0.717) is 6.54 Å². The fraction of sp³-hybridized carbons (Fsp3) is 0.636. The van der Waals surface area contributed by atoms with E-state index in [-0.39, 0.29) is 30.0 Å². The molecular formula is C22H39IN4O3. The number of halogens is 1. The molecule has 1 atom stereocenters. The van der Waals surface area contributed by atoms with Crippen LogP contribution in [0, 0.1) is 0 Å². The number of rotatable bonds is 11. The summed E-state index contributed by atoms with van der Waals surface area (Å²) in [5, 5.41) is 9.52. The largest absolute Gasteiger partial charge is 0.444 e. The highest BCUT2D eigenvalue weighted by atomic mass is 127. The van der Waals surface area contributed by atoms with Crippen LogP contribution < -0.4 is 16.0 Å². The van der Waals surface area contributed by atoms with Crippen LogP contribution in [0.5, 0.6) is 0 Å². The molecule has 0 aromatic heterocycles. The number of benzene rings is 1. The minimum Gasteiger partial charge on any atom is -0.444 e. The van der Waals surface area contributed by atoms with Gasteiger partial charge in [-0.05, 0) is 53.0 Å². The number of nitrogens with zero attached hydrogens (tertiary/aromatic N) is 1. The van der Waals surface area contributed by atoms with Gasteiger partial charge in [-0.2, -0.15) is 0 Å². The maximum Gasteiger partial charge on any atom is 0.408 e. The molecule has 172 valence electrons. The second-order valence-electron chi connectivity index (χ2n) is 7.66. The van der Waals surface area contributed by atoms with E-state index >= 15 is 0 Å². The van der Waals surface area contributed by atoms with Crippen molar-refractivity contribution in [1.29, 1.82) is 0 Å². The first-order valence-corrected chi connectivity index (χ1v) is 10.5. The summed E-state index contributed by atoms with van der Waals surface area (Å²) in [6.45, 7) is 13.1. The molecule has 1 aromatic rings. The summed E-state index contributed by atoms with van der Waals surface area (Å²) in [6.07, 6.45) is 1.56. The maximum absolute atomic E-state index is 12.3. The number of amides is 1. The van der Waals surface area contributed by atoms with E-state index in [9.17, 15) is 4.79 Å². The molecule has 1 rings (SSSR count). The van der Waals surface area contributed by atoms with E-state index in [4.69, 9.17) is 9.47 Å². The van der Waals surface area contributed by atoms with Crippen LogP contribution in [0.25, 0.3) is 0 Å². The molecule has 0 aliphatic heterocycles. The van der Waals surface area contributed by atoms with Crippen molar-refractivity contribution in [2.45, 2.75) is 59.1 Å². The molecule has 1 aromatic carbocycles. The summed E-state index contributed by atoms with van der Waals surface area (Å²) >= 11 is 0. The smallest absolute Gasteiger partial charge is 0.408 e. The summed E-state index contributed by atoms with van der Waals surface area (Å²) in [4.78, 5) is 17.0. The second-order valence-corrected chi connectivity index (χ2v) is 7.66. The predicted molar refractivity (Wildman–Crippen MR) is 134 cm³/mol. The quantitative estimate of drug-likeness (QED) is 0.171. The van der Waals surface area contributed by atoms with Crippen molar-refractivity contribution in [3.8, 4) is 0 Å². The lowest BCUT2D eigenvalue weighted by Gasteiger charge is -2.23. The van der Waals surface area contributed by atoms with Gasteiger partial charge in [0.2, 0.25) is 0 Å². The molecule has 0 fully saturated rings. The van der Waals surface area contributed by atoms with Crippen LogP contribution in [-0.4, -0.2) is 50.5 Å². The van der Waals surface area contributed by atoms with Crippen molar-refractivity contribution >= 4 is 36.0 Å². The Morgan fingerprint density at radius 3 is 2.40 bits per heavy atom.